The van der Waals surface area contributed by atoms with Gasteiger partial charge in [-0.3, -0.25) is 14.9 Å². The lowest BCUT2D eigenvalue weighted by Gasteiger charge is -2.29. The number of hydrogen-bond acceptors (Lipinski definition) is 4. The van der Waals surface area contributed by atoms with E-state index in [1.54, 1.807) is 6.07 Å². The molecule has 0 heterocycles. The van der Waals surface area contributed by atoms with E-state index >= 15 is 0 Å². The zero-order chi connectivity index (χ0) is 13.9. The standard InChI is InChI=1S/C13H18N2O3/c1-13(2,3)9-14(4)12-6-5-11(15(17)18)7-10(12)8-16/h5-8H,9H2,1-4H3. The van der Waals surface area contributed by atoms with Gasteiger partial charge in [-0.15, -0.1) is 0 Å². The van der Waals surface area contributed by atoms with Gasteiger partial charge in [-0.2, -0.15) is 0 Å². The van der Waals surface area contributed by atoms with Crippen molar-refractivity contribution in [1.82, 2.24) is 0 Å². The lowest BCUT2D eigenvalue weighted by Crippen LogP contribution is -2.29. The molecule has 0 aliphatic carbocycles. The zero-order valence-corrected chi connectivity index (χ0v) is 11.1. The molecular formula is C13H18N2O3. The van der Waals surface area contributed by atoms with E-state index in [0.29, 0.717) is 17.5 Å². The molecule has 98 valence electrons. The van der Waals surface area contributed by atoms with Crippen LogP contribution in [0.5, 0.6) is 0 Å². The lowest BCUT2D eigenvalue weighted by molar-refractivity contribution is -0.384. The van der Waals surface area contributed by atoms with Crippen LogP contribution in [-0.2, 0) is 0 Å². The minimum Gasteiger partial charge on any atom is -0.373 e. The monoisotopic (exact) mass is 250 g/mol. The Morgan fingerprint density at radius 2 is 2.00 bits per heavy atom. The molecule has 0 saturated carbocycles. The number of nitro groups is 1. The normalized spacial score (nSPS) is 11.1. The maximum Gasteiger partial charge on any atom is 0.270 e. The number of benzene rings is 1. The summed E-state index contributed by atoms with van der Waals surface area (Å²) in [5.41, 5.74) is 1.07. The van der Waals surface area contributed by atoms with Crippen LogP contribution in [0.25, 0.3) is 0 Å². The Bertz CT molecular complexity index is 464. The second kappa shape index (κ2) is 5.16. The second-order valence-corrected chi connectivity index (χ2v) is 5.53. The number of aldehydes is 1. The third kappa shape index (κ3) is 3.55. The van der Waals surface area contributed by atoms with Crippen molar-refractivity contribution in [3.05, 3.63) is 33.9 Å². The van der Waals surface area contributed by atoms with Crippen molar-refractivity contribution in [2.75, 3.05) is 18.5 Å². The second-order valence-electron chi connectivity index (χ2n) is 5.53. The fourth-order valence-electron chi connectivity index (χ4n) is 1.89. The average molecular weight is 250 g/mol. The van der Waals surface area contributed by atoms with Crippen molar-refractivity contribution >= 4 is 17.7 Å². The summed E-state index contributed by atoms with van der Waals surface area (Å²) >= 11 is 0. The van der Waals surface area contributed by atoms with Crippen molar-refractivity contribution in [3.8, 4) is 0 Å². The van der Waals surface area contributed by atoms with Crippen LogP contribution < -0.4 is 4.90 Å². The Balaban J connectivity index is 3.09. The van der Waals surface area contributed by atoms with Gasteiger partial charge in [0.15, 0.2) is 6.29 Å². The van der Waals surface area contributed by atoms with Crippen LogP contribution in [0.15, 0.2) is 18.2 Å². The van der Waals surface area contributed by atoms with Crippen molar-refractivity contribution < 1.29 is 9.72 Å². The molecule has 0 fully saturated rings. The Morgan fingerprint density at radius 3 is 2.44 bits per heavy atom. The topological polar surface area (TPSA) is 63.4 Å². The molecule has 0 aromatic heterocycles. The summed E-state index contributed by atoms with van der Waals surface area (Å²) in [4.78, 5) is 23.1. The van der Waals surface area contributed by atoms with E-state index in [4.69, 9.17) is 0 Å². The summed E-state index contributed by atoms with van der Waals surface area (Å²) in [6.45, 7) is 7.03. The number of carbonyl (C=O) groups is 1. The Morgan fingerprint density at radius 1 is 1.39 bits per heavy atom. The number of nitrogens with zero attached hydrogens (tertiary/aromatic N) is 2. The first-order chi connectivity index (χ1) is 8.24. The fourth-order valence-corrected chi connectivity index (χ4v) is 1.89. The number of non-ortho nitro benzene ring substituents is 1. The quantitative estimate of drug-likeness (QED) is 0.468. The molecule has 0 N–H and O–H groups in total. The molecule has 0 aliphatic heterocycles. The maximum absolute atomic E-state index is 11.0. The highest BCUT2D eigenvalue weighted by molar-refractivity contribution is 5.85. The molecule has 0 atom stereocenters. The van der Waals surface area contributed by atoms with Gasteiger partial charge in [-0.25, -0.2) is 0 Å². The summed E-state index contributed by atoms with van der Waals surface area (Å²) < 4.78 is 0. The van der Waals surface area contributed by atoms with E-state index in [-0.39, 0.29) is 11.1 Å². The third-order valence-electron chi connectivity index (χ3n) is 2.47. The molecular weight excluding hydrogens is 232 g/mol. The molecule has 0 saturated heterocycles. The van der Waals surface area contributed by atoms with Crippen LogP contribution >= 0.6 is 0 Å². The minimum absolute atomic E-state index is 0.0648. The van der Waals surface area contributed by atoms with E-state index in [2.05, 4.69) is 20.8 Å². The summed E-state index contributed by atoms with van der Waals surface area (Å²) in [6, 6.07) is 4.34. The molecule has 0 spiro atoms. The van der Waals surface area contributed by atoms with Gasteiger partial charge in [0.1, 0.15) is 0 Å². The van der Waals surface area contributed by atoms with Crippen LogP contribution in [0.2, 0.25) is 0 Å². The highest BCUT2D eigenvalue weighted by Crippen LogP contribution is 2.26. The van der Waals surface area contributed by atoms with Gasteiger partial charge < -0.3 is 4.90 Å². The fraction of sp³-hybridized carbons (Fsp3) is 0.462. The number of nitro benzene ring substituents is 1. The molecule has 0 radical (unpaired) electrons. The number of rotatable bonds is 4. The number of anilines is 1. The van der Waals surface area contributed by atoms with Crippen LogP contribution in [0.3, 0.4) is 0 Å². The summed E-state index contributed by atoms with van der Waals surface area (Å²) in [5.74, 6) is 0. The third-order valence-corrected chi connectivity index (χ3v) is 2.47. The number of hydrogen-bond donors (Lipinski definition) is 0. The van der Waals surface area contributed by atoms with Crippen LogP contribution in [-0.4, -0.2) is 24.8 Å². The summed E-state index contributed by atoms with van der Waals surface area (Å²) in [6.07, 6.45) is 0.654. The molecule has 5 nitrogen and oxygen atoms in total. The van der Waals surface area contributed by atoms with E-state index < -0.39 is 4.92 Å². The molecule has 5 heteroatoms. The first-order valence-electron chi connectivity index (χ1n) is 5.69. The van der Waals surface area contributed by atoms with Gasteiger partial charge in [-0.05, 0) is 11.5 Å². The molecule has 0 aliphatic rings. The molecule has 1 aromatic carbocycles. The first kappa shape index (κ1) is 14.2. The first-order valence-corrected chi connectivity index (χ1v) is 5.69. The van der Waals surface area contributed by atoms with E-state index in [0.717, 1.165) is 6.54 Å². The van der Waals surface area contributed by atoms with Gasteiger partial charge in [0.05, 0.1) is 4.92 Å². The van der Waals surface area contributed by atoms with Crippen LogP contribution in [0.4, 0.5) is 11.4 Å². The van der Waals surface area contributed by atoms with Gasteiger partial charge in [0.25, 0.3) is 5.69 Å². The van der Waals surface area contributed by atoms with Crippen LogP contribution in [0.1, 0.15) is 31.1 Å². The van der Waals surface area contributed by atoms with Gasteiger partial charge in [0.2, 0.25) is 0 Å². The number of carbonyl (C=O) groups excluding carboxylic acids is 1. The summed E-state index contributed by atoms with van der Waals surface area (Å²) in [7, 11) is 1.87. The van der Waals surface area contributed by atoms with Crippen molar-refractivity contribution in [1.29, 1.82) is 0 Å². The highest BCUT2D eigenvalue weighted by Gasteiger charge is 2.17. The zero-order valence-electron chi connectivity index (χ0n) is 11.1. The van der Waals surface area contributed by atoms with Crippen molar-refractivity contribution in [2.45, 2.75) is 20.8 Å². The maximum atomic E-state index is 11.0. The van der Waals surface area contributed by atoms with E-state index in [1.807, 2.05) is 11.9 Å². The highest BCUT2D eigenvalue weighted by atomic mass is 16.6. The van der Waals surface area contributed by atoms with E-state index in [1.165, 1.54) is 12.1 Å². The van der Waals surface area contributed by atoms with Gasteiger partial charge in [0, 0.05) is 37.0 Å². The predicted molar refractivity (Wildman–Crippen MR) is 71.2 cm³/mol. The van der Waals surface area contributed by atoms with Crippen molar-refractivity contribution in [2.24, 2.45) is 5.41 Å². The van der Waals surface area contributed by atoms with Gasteiger partial charge >= 0.3 is 0 Å². The predicted octanol–water partition coefficient (Wildman–Crippen LogP) is 2.89. The summed E-state index contributed by atoms with van der Waals surface area (Å²) in [5, 5.41) is 10.7. The van der Waals surface area contributed by atoms with E-state index in [9.17, 15) is 14.9 Å². The molecule has 18 heavy (non-hydrogen) atoms. The largest absolute Gasteiger partial charge is 0.373 e. The smallest absolute Gasteiger partial charge is 0.270 e. The average Bonchev–Trinajstić information content (AvgIpc) is 2.25. The molecule has 0 unspecified atom stereocenters. The Kier molecular flexibility index (Phi) is 4.06. The Hall–Kier alpha value is -1.91. The minimum atomic E-state index is -0.499. The van der Waals surface area contributed by atoms with Crippen LogP contribution in [0, 0.1) is 15.5 Å². The van der Waals surface area contributed by atoms with Crippen molar-refractivity contribution in [3.63, 3.8) is 0 Å². The SMILES string of the molecule is CN(CC(C)(C)C)c1ccc([N+](=O)[O-])cc1C=O. The molecule has 1 rings (SSSR count). The molecule has 0 bridgehead atoms. The molecule has 1 aromatic rings. The molecule has 0 amide bonds. The van der Waals surface area contributed by atoms with Gasteiger partial charge in [-0.1, -0.05) is 20.8 Å². The Labute approximate surface area is 107 Å². The lowest BCUT2D eigenvalue weighted by atomic mass is 9.95.